The molecule has 38 heavy (non-hydrogen) atoms. The molecular formula is C25H25ClF4N4O4. The summed E-state index contributed by atoms with van der Waals surface area (Å²) in [6.45, 7) is -0.0484. The lowest BCUT2D eigenvalue weighted by Gasteiger charge is -2.35. The van der Waals surface area contributed by atoms with Gasteiger partial charge in [-0.2, -0.15) is 5.10 Å². The number of carbonyl (C=O) groups excluding carboxylic acids is 1. The van der Waals surface area contributed by atoms with Gasteiger partial charge in [-0.25, -0.2) is 31.9 Å². The Hall–Kier alpha value is -3.41. The van der Waals surface area contributed by atoms with Crippen LogP contribution in [0, 0.1) is 5.92 Å². The smallest absolute Gasteiger partial charge is 0.407 e. The highest BCUT2D eigenvalue weighted by Gasteiger charge is 2.45. The number of carboxylic acids is 1. The van der Waals surface area contributed by atoms with E-state index >= 15 is 0 Å². The molecule has 0 aliphatic heterocycles. The number of ether oxygens (including phenoxy) is 1. The van der Waals surface area contributed by atoms with Gasteiger partial charge in [-0.05, 0) is 36.8 Å². The van der Waals surface area contributed by atoms with Crippen molar-refractivity contribution in [1.29, 1.82) is 0 Å². The fourth-order valence-corrected chi connectivity index (χ4v) is 4.86. The summed E-state index contributed by atoms with van der Waals surface area (Å²) in [5, 5.41) is 15.5. The van der Waals surface area contributed by atoms with Gasteiger partial charge in [0.05, 0.1) is 23.9 Å². The number of aromatic nitrogens is 3. The number of aliphatic carboxylic acids is 1. The lowest BCUT2D eigenvalue weighted by atomic mass is 9.81. The molecule has 1 saturated carbocycles. The minimum atomic E-state index is -3.11. The zero-order chi connectivity index (χ0) is 27.4. The quantitative estimate of drug-likeness (QED) is 0.338. The zero-order valence-electron chi connectivity index (χ0n) is 20.0. The van der Waals surface area contributed by atoms with Gasteiger partial charge in [0, 0.05) is 18.4 Å². The highest BCUT2D eigenvalue weighted by molar-refractivity contribution is 6.30. The van der Waals surface area contributed by atoms with Crippen LogP contribution in [0.2, 0.25) is 5.15 Å². The van der Waals surface area contributed by atoms with Gasteiger partial charge < -0.3 is 15.2 Å². The van der Waals surface area contributed by atoms with Gasteiger partial charge in [0.2, 0.25) is 6.43 Å². The summed E-state index contributed by atoms with van der Waals surface area (Å²) in [4.78, 5) is 28.1. The number of benzene rings is 1. The number of hydrogen-bond donors (Lipinski definition) is 2. The molecule has 4 rings (SSSR count). The number of nitrogens with one attached hydrogen (secondary N) is 1. The molecule has 2 N–H and O–H groups in total. The van der Waals surface area contributed by atoms with Gasteiger partial charge in [-0.15, -0.1) is 0 Å². The summed E-state index contributed by atoms with van der Waals surface area (Å²) < 4.78 is 61.3. The Morgan fingerprint density at radius 1 is 1.26 bits per heavy atom. The lowest BCUT2D eigenvalue weighted by molar-refractivity contribution is -0.139. The van der Waals surface area contributed by atoms with Gasteiger partial charge in [-0.3, -0.25) is 4.79 Å². The van der Waals surface area contributed by atoms with Crippen molar-refractivity contribution in [3.63, 3.8) is 0 Å². The first-order valence-corrected chi connectivity index (χ1v) is 12.3. The fourth-order valence-electron chi connectivity index (χ4n) is 4.59. The molecule has 8 nitrogen and oxygen atoms in total. The number of fused-ring (bicyclic) bond motifs is 1. The van der Waals surface area contributed by atoms with Crippen LogP contribution in [-0.2, 0) is 22.6 Å². The zero-order valence-corrected chi connectivity index (χ0v) is 20.8. The number of halogens is 5. The first-order valence-electron chi connectivity index (χ1n) is 11.9. The molecule has 0 saturated heterocycles. The molecule has 0 spiro atoms. The first-order chi connectivity index (χ1) is 18.0. The van der Waals surface area contributed by atoms with Gasteiger partial charge in [0.25, 0.3) is 5.92 Å². The van der Waals surface area contributed by atoms with Gasteiger partial charge in [-0.1, -0.05) is 41.9 Å². The van der Waals surface area contributed by atoms with Crippen LogP contribution in [-0.4, -0.2) is 50.2 Å². The molecule has 0 radical (unpaired) electrons. The van der Waals surface area contributed by atoms with Crippen molar-refractivity contribution in [2.45, 2.75) is 63.0 Å². The molecule has 204 valence electrons. The Balaban J connectivity index is 1.43. The predicted molar refractivity (Wildman–Crippen MR) is 129 cm³/mol. The molecule has 0 bridgehead atoms. The van der Waals surface area contributed by atoms with Crippen molar-refractivity contribution in [3.8, 4) is 0 Å². The van der Waals surface area contributed by atoms with Gasteiger partial charge in [0.15, 0.2) is 10.8 Å². The number of alkyl halides is 4. The topological polar surface area (TPSA) is 106 Å². The number of hydrogen-bond acceptors (Lipinski definition) is 5. The summed E-state index contributed by atoms with van der Waals surface area (Å²) in [6, 6.07) is 8.72. The average Bonchev–Trinajstić information content (AvgIpc) is 3.24. The minimum absolute atomic E-state index is 0.0176. The second kappa shape index (κ2) is 11.5. The molecular weight excluding hydrogens is 532 g/mol. The number of rotatable bonds is 9. The minimum Gasteiger partial charge on any atom is -0.481 e. The summed E-state index contributed by atoms with van der Waals surface area (Å²) in [6.07, 6.45) is -3.19. The third-order valence-electron chi connectivity index (χ3n) is 6.54. The molecule has 1 fully saturated rings. The normalized spacial score (nSPS) is 19.8. The number of carbonyl (C=O) groups is 2. The standard InChI is InChI=1S/C25H25ClF4N4O4/c26-22-17(18(23(35)36)10-20(27)28)11-21-31-16(12-34(21)33-22)8-15-6-7-25(29,30)19(9-15)32-24(37)38-13-14-4-2-1-3-5-14/h1-5,11-12,15,18-20H,6-10,13H2,(H,32,37)(H,35,36). The van der Waals surface area contributed by atoms with Crippen LogP contribution >= 0.6 is 11.6 Å². The van der Waals surface area contributed by atoms with Crippen molar-refractivity contribution in [2.75, 3.05) is 0 Å². The summed E-state index contributed by atoms with van der Waals surface area (Å²) in [7, 11) is 0. The second-order valence-electron chi connectivity index (χ2n) is 9.31. The Bertz CT molecular complexity index is 1290. The van der Waals surface area contributed by atoms with Crippen LogP contribution in [0.3, 0.4) is 0 Å². The molecule has 1 amide bonds. The van der Waals surface area contributed by atoms with E-state index in [1.54, 1.807) is 30.3 Å². The van der Waals surface area contributed by atoms with Crippen LogP contribution in [0.15, 0.2) is 42.6 Å². The van der Waals surface area contributed by atoms with Crippen LogP contribution in [0.5, 0.6) is 0 Å². The largest absolute Gasteiger partial charge is 0.481 e. The van der Waals surface area contributed by atoms with E-state index in [0.717, 1.165) is 5.56 Å². The maximum Gasteiger partial charge on any atom is 0.407 e. The SMILES string of the molecule is O=C(NC1CC(Cc2cn3nc(Cl)c(C(CC(F)F)C(=O)O)cc3n2)CCC1(F)F)OCc1ccccc1. The van der Waals surface area contributed by atoms with E-state index in [-0.39, 0.29) is 48.2 Å². The van der Waals surface area contributed by atoms with E-state index in [1.807, 2.05) is 0 Å². The van der Waals surface area contributed by atoms with Crippen LogP contribution in [0.25, 0.3) is 5.65 Å². The van der Waals surface area contributed by atoms with Crippen molar-refractivity contribution in [1.82, 2.24) is 19.9 Å². The molecule has 1 aliphatic carbocycles. The molecule has 2 heterocycles. The summed E-state index contributed by atoms with van der Waals surface area (Å²) in [5.74, 6) is -6.38. The van der Waals surface area contributed by atoms with E-state index < -0.39 is 49.2 Å². The van der Waals surface area contributed by atoms with Crippen molar-refractivity contribution in [3.05, 3.63) is 64.6 Å². The van der Waals surface area contributed by atoms with Crippen molar-refractivity contribution < 1.29 is 37.0 Å². The van der Waals surface area contributed by atoms with E-state index in [1.165, 1.54) is 16.8 Å². The molecule has 3 atom stereocenters. The monoisotopic (exact) mass is 556 g/mol. The Morgan fingerprint density at radius 2 is 2.00 bits per heavy atom. The molecule has 1 aliphatic rings. The molecule has 2 aromatic heterocycles. The number of amides is 1. The van der Waals surface area contributed by atoms with E-state index in [0.29, 0.717) is 5.69 Å². The Kier molecular flexibility index (Phi) is 8.39. The highest BCUT2D eigenvalue weighted by atomic mass is 35.5. The number of imidazole rings is 1. The summed E-state index contributed by atoms with van der Waals surface area (Å²) in [5.41, 5.74) is 1.32. The average molecular weight is 557 g/mol. The number of nitrogens with zero attached hydrogens (tertiary/aromatic N) is 3. The van der Waals surface area contributed by atoms with Crippen molar-refractivity contribution >= 4 is 29.3 Å². The first kappa shape index (κ1) is 27.6. The lowest BCUT2D eigenvalue weighted by Crippen LogP contribution is -2.51. The molecule has 3 aromatic rings. The fraction of sp³-hybridized carbons (Fsp3) is 0.440. The van der Waals surface area contributed by atoms with Gasteiger partial charge in [0.1, 0.15) is 6.61 Å². The van der Waals surface area contributed by atoms with Crippen LogP contribution < -0.4 is 5.32 Å². The number of alkyl carbamates (subject to hydrolysis) is 1. The molecule has 3 unspecified atom stereocenters. The van der Waals surface area contributed by atoms with E-state index in [9.17, 15) is 32.3 Å². The third-order valence-corrected chi connectivity index (χ3v) is 6.83. The van der Waals surface area contributed by atoms with Crippen LogP contribution in [0.1, 0.15) is 48.4 Å². The maximum absolute atomic E-state index is 14.6. The Morgan fingerprint density at radius 3 is 2.68 bits per heavy atom. The van der Waals surface area contributed by atoms with Crippen LogP contribution in [0.4, 0.5) is 22.4 Å². The number of carboxylic acid groups (broad SMARTS) is 1. The van der Waals surface area contributed by atoms with E-state index in [2.05, 4.69) is 15.4 Å². The highest BCUT2D eigenvalue weighted by Crippen LogP contribution is 2.38. The van der Waals surface area contributed by atoms with Gasteiger partial charge >= 0.3 is 12.1 Å². The summed E-state index contributed by atoms with van der Waals surface area (Å²) >= 11 is 6.09. The molecule has 13 heteroatoms. The third kappa shape index (κ3) is 6.72. The van der Waals surface area contributed by atoms with E-state index in [4.69, 9.17) is 16.3 Å². The molecule has 1 aromatic carbocycles. The predicted octanol–water partition coefficient (Wildman–Crippen LogP) is 5.48. The second-order valence-corrected chi connectivity index (χ2v) is 9.67. The Labute approximate surface area is 219 Å². The maximum atomic E-state index is 14.6. The van der Waals surface area contributed by atoms with Crippen molar-refractivity contribution in [2.24, 2.45) is 5.92 Å².